The summed E-state index contributed by atoms with van der Waals surface area (Å²) < 4.78 is 0.615. The summed E-state index contributed by atoms with van der Waals surface area (Å²) in [7, 11) is 0. The zero-order chi connectivity index (χ0) is 13.9. The van der Waals surface area contributed by atoms with Crippen molar-refractivity contribution >= 4 is 39.9 Å². The van der Waals surface area contributed by atoms with Crippen LogP contribution in [0, 0.1) is 0 Å². The summed E-state index contributed by atoms with van der Waals surface area (Å²) >= 11 is 6.75. The maximum Gasteiger partial charge on any atom is 0.272 e. The second kappa shape index (κ2) is 5.97. The molecule has 1 aromatic rings. The molecular weight excluding hydrogens is 288 g/mol. The molecule has 5 heteroatoms. The Kier molecular flexibility index (Phi) is 4.08. The molecule has 20 heavy (non-hydrogen) atoms. The van der Waals surface area contributed by atoms with Crippen molar-refractivity contribution in [1.82, 2.24) is 4.90 Å². The summed E-state index contributed by atoms with van der Waals surface area (Å²) in [5, 5.41) is 0. The lowest BCUT2D eigenvalue weighted by Gasteiger charge is -2.25. The van der Waals surface area contributed by atoms with Crippen LogP contribution in [0.15, 0.2) is 41.4 Å². The number of anilines is 1. The largest absolute Gasteiger partial charge is 0.376 e. The Hall–Kier alpha value is -1.33. The smallest absolute Gasteiger partial charge is 0.272 e. The number of rotatable bonds is 2. The van der Waals surface area contributed by atoms with Gasteiger partial charge in [-0.2, -0.15) is 0 Å². The molecule has 2 fully saturated rings. The standard InChI is InChI=1S/C15H16N2OS2/c18-14-13(11-16-9-5-2-6-10-16)20-15(19)17(14)12-7-3-1-4-8-12/h1,3-4,7-8,11H,2,5-6,9-10H2/b13-11-. The van der Waals surface area contributed by atoms with Gasteiger partial charge in [-0.1, -0.05) is 42.2 Å². The summed E-state index contributed by atoms with van der Waals surface area (Å²) in [6.07, 6.45) is 5.68. The van der Waals surface area contributed by atoms with E-state index in [4.69, 9.17) is 12.2 Å². The van der Waals surface area contributed by atoms with Crippen LogP contribution in [0.2, 0.25) is 0 Å². The van der Waals surface area contributed by atoms with Crippen molar-refractivity contribution in [2.75, 3.05) is 18.0 Å². The van der Waals surface area contributed by atoms with Gasteiger partial charge in [0.25, 0.3) is 5.91 Å². The molecule has 0 N–H and O–H groups in total. The van der Waals surface area contributed by atoms with Crippen LogP contribution in [-0.4, -0.2) is 28.2 Å². The predicted molar refractivity (Wildman–Crippen MR) is 87.6 cm³/mol. The van der Waals surface area contributed by atoms with Crippen LogP contribution >= 0.6 is 24.0 Å². The van der Waals surface area contributed by atoms with E-state index in [0.29, 0.717) is 4.32 Å². The molecule has 0 bridgehead atoms. The fourth-order valence-electron chi connectivity index (χ4n) is 2.47. The maximum absolute atomic E-state index is 12.5. The second-order valence-electron chi connectivity index (χ2n) is 4.93. The summed E-state index contributed by atoms with van der Waals surface area (Å²) in [4.78, 5) is 17.1. The number of carbonyl (C=O) groups excluding carboxylic acids is 1. The molecule has 2 aliphatic rings. The normalized spacial score (nSPS) is 21.9. The first-order chi connectivity index (χ1) is 9.75. The molecule has 0 saturated carbocycles. The van der Waals surface area contributed by atoms with Crippen molar-refractivity contribution in [2.24, 2.45) is 0 Å². The summed E-state index contributed by atoms with van der Waals surface area (Å²) in [5.74, 6) is -0.00299. The Morgan fingerprint density at radius 1 is 1.10 bits per heavy atom. The Bertz CT molecular complexity index is 550. The van der Waals surface area contributed by atoms with E-state index in [2.05, 4.69) is 4.90 Å². The number of nitrogens with zero attached hydrogens (tertiary/aromatic N) is 2. The minimum Gasteiger partial charge on any atom is -0.376 e. The third-order valence-corrected chi connectivity index (χ3v) is 4.79. The topological polar surface area (TPSA) is 23.6 Å². The Labute approximate surface area is 128 Å². The zero-order valence-electron chi connectivity index (χ0n) is 11.1. The van der Waals surface area contributed by atoms with E-state index >= 15 is 0 Å². The average Bonchev–Trinajstić information content (AvgIpc) is 2.75. The summed E-state index contributed by atoms with van der Waals surface area (Å²) in [5.41, 5.74) is 0.844. The van der Waals surface area contributed by atoms with Gasteiger partial charge in [-0.15, -0.1) is 0 Å². The number of thioether (sulfide) groups is 1. The van der Waals surface area contributed by atoms with Gasteiger partial charge in [-0.25, -0.2) is 0 Å². The van der Waals surface area contributed by atoms with E-state index in [1.807, 2.05) is 36.5 Å². The van der Waals surface area contributed by atoms with Crippen molar-refractivity contribution < 1.29 is 4.79 Å². The molecule has 104 valence electrons. The lowest BCUT2D eigenvalue weighted by molar-refractivity contribution is -0.113. The second-order valence-corrected chi connectivity index (χ2v) is 6.61. The van der Waals surface area contributed by atoms with Crippen LogP contribution in [0.5, 0.6) is 0 Å². The molecule has 3 rings (SSSR count). The zero-order valence-corrected chi connectivity index (χ0v) is 12.8. The molecule has 0 aliphatic carbocycles. The number of hydrogen-bond acceptors (Lipinski definition) is 4. The summed E-state index contributed by atoms with van der Waals surface area (Å²) in [6, 6.07) is 9.60. The van der Waals surface area contributed by atoms with Crippen molar-refractivity contribution in [3.05, 3.63) is 41.4 Å². The maximum atomic E-state index is 12.5. The number of benzene rings is 1. The van der Waals surface area contributed by atoms with E-state index in [1.54, 1.807) is 4.90 Å². The van der Waals surface area contributed by atoms with Crippen molar-refractivity contribution in [3.63, 3.8) is 0 Å². The van der Waals surface area contributed by atoms with Gasteiger partial charge in [0.05, 0.1) is 10.6 Å². The van der Waals surface area contributed by atoms with Crippen LogP contribution in [0.1, 0.15) is 19.3 Å². The first kappa shape index (κ1) is 13.6. The highest BCUT2D eigenvalue weighted by Crippen LogP contribution is 2.35. The molecule has 2 saturated heterocycles. The monoisotopic (exact) mass is 304 g/mol. The van der Waals surface area contributed by atoms with Gasteiger partial charge in [-0.3, -0.25) is 9.69 Å². The van der Waals surface area contributed by atoms with Gasteiger partial charge in [0.1, 0.15) is 0 Å². The third kappa shape index (κ3) is 2.74. The minimum atomic E-state index is -0.00299. The van der Waals surface area contributed by atoms with E-state index < -0.39 is 0 Å². The van der Waals surface area contributed by atoms with Crippen molar-refractivity contribution in [1.29, 1.82) is 0 Å². The van der Waals surface area contributed by atoms with Gasteiger partial charge in [0.2, 0.25) is 0 Å². The average molecular weight is 304 g/mol. The lowest BCUT2D eigenvalue weighted by Crippen LogP contribution is -2.29. The predicted octanol–water partition coefficient (Wildman–Crippen LogP) is 3.38. The van der Waals surface area contributed by atoms with E-state index in [-0.39, 0.29) is 5.91 Å². The molecule has 2 heterocycles. The first-order valence-corrected chi connectivity index (χ1v) is 8.05. The first-order valence-electron chi connectivity index (χ1n) is 6.83. The summed E-state index contributed by atoms with van der Waals surface area (Å²) in [6.45, 7) is 2.07. The van der Waals surface area contributed by atoms with Gasteiger partial charge in [0.15, 0.2) is 4.32 Å². The van der Waals surface area contributed by atoms with Gasteiger partial charge >= 0.3 is 0 Å². The number of likely N-dealkylation sites (tertiary alicyclic amines) is 1. The molecule has 1 aromatic carbocycles. The number of carbonyl (C=O) groups is 1. The Morgan fingerprint density at radius 3 is 2.50 bits per heavy atom. The highest BCUT2D eigenvalue weighted by Gasteiger charge is 2.33. The molecule has 2 aliphatic heterocycles. The Morgan fingerprint density at radius 2 is 1.80 bits per heavy atom. The molecule has 3 nitrogen and oxygen atoms in total. The van der Waals surface area contributed by atoms with Crippen LogP contribution in [0.3, 0.4) is 0 Å². The molecule has 1 amide bonds. The highest BCUT2D eigenvalue weighted by molar-refractivity contribution is 8.27. The number of thiocarbonyl (C=S) groups is 1. The van der Waals surface area contributed by atoms with E-state index in [1.165, 1.54) is 31.0 Å². The SMILES string of the molecule is O=C1/C(=C/N2CCCCC2)SC(=S)N1c1ccccc1. The van der Waals surface area contributed by atoms with Crippen molar-refractivity contribution in [3.8, 4) is 0 Å². The quantitative estimate of drug-likeness (QED) is 0.617. The molecule has 0 spiro atoms. The fourth-order valence-corrected chi connectivity index (χ4v) is 3.78. The van der Waals surface area contributed by atoms with Crippen molar-refractivity contribution in [2.45, 2.75) is 19.3 Å². The van der Waals surface area contributed by atoms with E-state index in [0.717, 1.165) is 23.7 Å². The van der Waals surface area contributed by atoms with E-state index in [9.17, 15) is 4.79 Å². The number of amides is 1. The van der Waals surface area contributed by atoms with Crippen LogP contribution in [0.25, 0.3) is 0 Å². The number of piperidine rings is 1. The minimum absolute atomic E-state index is 0.00299. The van der Waals surface area contributed by atoms with Gasteiger partial charge in [-0.05, 0) is 31.4 Å². The molecule has 0 aromatic heterocycles. The fraction of sp³-hybridized carbons (Fsp3) is 0.333. The highest BCUT2D eigenvalue weighted by atomic mass is 32.2. The van der Waals surface area contributed by atoms with Gasteiger partial charge in [0, 0.05) is 19.3 Å². The molecular formula is C15H16N2OS2. The van der Waals surface area contributed by atoms with Gasteiger partial charge < -0.3 is 4.90 Å². The number of hydrogen-bond donors (Lipinski definition) is 0. The van der Waals surface area contributed by atoms with Crippen LogP contribution < -0.4 is 4.90 Å². The van der Waals surface area contributed by atoms with Crippen LogP contribution in [-0.2, 0) is 4.79 Å². The third-order valence-electron chi connectivity index (χ3n) is 3.50. The Balaban J connectivity index is 1.81. The molecule has 0 radical (unpaired) electrons. The molecule has 0 atom stereocenters. The molecule has 0 unspecified atom stereocenters. The number of para-hydroxylation sites is 1. The van der Waals surface area contributed by atoms with Crippen LogP contribution in [0.4, 0.5) is 5.69 Å². The lowest BCUT2D eigenvalue weighted by atomic mass is 10.1.